The van der Waals surface area contributed by atoms with E-state index in [4.69, 9.17) is 4.74 Å². The third kappa shape index (κ3) is 13.7. The highest BCUT2D eigenvalue weighted by Crippen LogP contribution is 2.26. The highest BCUT2D eigenvalue weighted by atomic mass is 32.2. The summed E-state index contributed by atoms with van der Waals surface area (Å²) in [5.41, 5.74) is -0.610. The maximum Gasteiger partial charge on any atom is 0.325 e. The number of amides is 2. The van der Waals surface area contributed by atoms with Crippen LogP contribution in [0.15, 0.2) is 0 Å². The molecule has 8 heteroatoms. The fraction of sp³-hybridized carbons (Fsp3) is 0.778. The van der Waals surface area contributed by atoms with Gasteiger partial charge in [-0.05, 0) is 33.4 Å². The van der Waals surface area contributed by atoms with Crippen molar-refractivity contribution in [3.8, 4) is 0 Å². The van der Waals surface area contributed by atoms with Crippen LogP contribution in [0.25, 0.3) is 0 Å². The van der Waals surface area contributed by atoms with Crippen molar-refractivity contribution >= 4 is 35.3 Å². The average molecular weight is 389 g/mol. The third-order valence-corrected chi connectivity index (χ3v) is 4.78. The molecule has 0 radical (unpaired) electrons. The Hall–Kier alpha value is -1.57. The predicted octanol–water partition coefficient (Wildman–Crippen LogP) is 1.83. The van der Waals surface area contributed by atoms with Gasteiger partial charge >= 0.3 is 5.97 Å². The molecular formula is C18H32N2O5S. The molecule has 0 aliphatic carbocycles. The highest BCUT2D eigenvalue weighted by Gasteiger charge is 2.18. The Labute approximate surface area is 160 Å². The standard InChI is InChI=1S/C18H32N2O5S/c1-17(2,3)25-16(24)12-20-14(22)8-7-13(21)11-19-15(23)9-10-18(4,5)26-6/h7-12H2,1-6H3,(H,19,23)(H,20,22). The Kier molecular flexibility index (Phi) is 10.5. The summed E-state index contributed by atoms with van der Waals surface area (Å²) >= 11 is 1.69. The summed E-state index contributed by atoms with van der Waals surface area (Å²) in [6.45, 7) is 9.02. The highest BCUT2D eigenvalue weighted by molar-refractivity contribution is 7.99. The molecular weight excluding hydrogens is 356 g/mol. The number of ether oxygens (including phenoxy) is 1. The molecule has 7 nitrogen and oxygen atoms in total. The van der Waals surface area contributed by atoms with Crippen LogP contribution in [0.1, 0.15) is 60.3 Å². The van der Waals surface area contributed by atoms with Gasteiger partial charge in [-0.25, -0.2) is 0 Å². The summed E-state index contributed by atoms with van der Waals surface area (Å²) in [4.78, 5) is 46.6. The van der Waals surface area contributed by atoms with Crippen LogP contribution in [-0.2, 0) is 23.9 Å². The van der Waals surface area contributed by atoms with Gasteiger partial charge < -0.3 is 15.4 Å². The molecule has 0 unspecified atom stereocenters. The van der Waals surface area contributed by atoms with Crippen LogP contribution in [0.3, 0.4) is 0 Å². The summed E-state index contributed by atoms with van der Waals surface area (Å²) in [5.74, 6) is -1.33. The number of ketones is 1. The minimum atomic E-state index is -0.610. The Balaban J connectivity index is 3.92. The van der Waals surface area contributed by atoms with Gasteiger partial charge in [-0.3, -0.25) is 19.2 Å². The van der Waals surface area contributed by atoms with E-state index in [0.29, 0.717) is 6.42 Å². The smallest absolute Gasteiger partial charge is 0.325 e. The van der Waals surface area contributed by atoms with Crippen molar-refractivity contribution in [2.75, 3.05) is 19.3 Å². The van der Waals surface area contributed by atoms with Crippen molar-refractivity contribution < 1.29 is 23.9 Å². The maximum absolute atomic E-state index is 11.7. The molecule has 0 aromatic heterocycles. The summed E-state index contributed by atoms with van der Waals surface area (Å²) in [7, 11) is 0. The van der Waals surface area contributed by atoms with Crippen molar-refractivity contribution in [2.24, 2.45) is 0 Å². The first kappa shape index (κ1) is 24.4. The fourth-order valence-electron chi connectivity index (χ4n) is 1.78. The molecule has 0 saturated heterocycles. The second-order valence-corrected chi connectivity index (χ2v) is 9.16. The Morgan fingerprint density at radius 3 is 1.92 bits per heavy atom. The van der Waals surface area contributed by atoms with E-state index >= 15 is 0 Å². The van der Waals surface area contributed by atoms with E-state index in [9.17, 15) is 19.2 Å². The number of nitrogens with one attached hydrogen (secondary N) is 2. The Morgan fingerprint density at radius 1 is 0.846 bits per heavy atom. The van der Waals surface area contributed by atoms with E-state index in [1.165, 1.54) is 0 Å². The van der Waals surface area contributed by atoms with Gasteiger partial charge in [0.1, 0.15) is 12.1 Å². The number of carbonyl (C=O) groups excluding carboxylic acids is 4. The summed E-state index contributed by atoms with van der Waals surface area (Å²) in [5, 5.41) is 4.99. The van der Waals surface area contributed by atoms with Crippen LogP contribution < -0.4 is 10.6 Å². The third-order valence-electron chi connectivity index (χ3n) is 3.47. The van der Waals surface area contributed by atoms with Crippen molar-refractivity contribution in [3.63, 3.8) is 0 Å². The largest absolute Gasteiger partial charge is 0.459 e. The number of rotatable bonds is 11. The van der Waals surface area contributed by atoms with Gasteiger partial charge in [-0.2, -0.15) is 11.8 Å². The molecule has 0 aromatic carbocycles. The molecule has 0 bridgehead atoms. The minimum Gasteiger partial charge on any atom is -0.459 e. The van der Waals surface area contributed by atoms with E-state index in [2.05, 4.69) is 24.5 Å². The van der Waals surface area contributed by atoms with E-state index < -0.39 is 17.5 Å². The van der Waals surface area contributed by atoms with E-state index in [0.717, 1.165) is 6.42 Å². The van der Waals surface area contributed by atoms with Gasteiger partial charge in [0.2, 0.25) is 11.8 Å². The van der Waals surface area contributed by atoms with E-state index in [1.807, 2.05) is 6.26 Å². The Bertz CT molecular complexity index is 512. The maximum atomic E-state index is 11.7. The van der Waals surface area contributed by atoms with Crippen molar-refractivity contribution in [3.05, 3.63) is 0 Å². The predicted molar refractivity (Wildman–Crippen MR) is 103 cm³/mol. The van der Waals surface area contributed by atoms with Crippen LogP contribution in [0.5, 0.6) is 0 Å². The van der Waals surface area contributed by atoms with Crippen LogP contribution in [0.2, 0.25) is 0 Å². The second-order valence-electron chi connectivity index (χ2n) is 7.64. The monoisotopic (exact) mass is 388 g/mol. The number of thioether (sulfide) groups is 1. The molecule has 0 aliphatic heterocycles. The fourth-order valence-corrected chi connectivity index (χ4v) is 2.09. The molecule has 0 heterocycles. The molecule has 0 aliphatic rings. The van der Waals surface area contributed by atoms with Gasteiger partial charge in [0.05, 0.1) is 6.54 Å². The topological polar surface area (TPSA) is 102 Å². The molecule has 26 heavy (non-hydrogen) atoms. The first-order chi connectivity index (χ1) is 11.8. The molecule has 0 aromatic rings. The van der Waals surface area contributed by atoms with Crippen LogP contribution in [0, 0.1) is 0 Å². The number of carbonyl (C=O) groups is 4. The summed E-state index contributed by atoms with van der Waals surface area (Å²) in [6, 6.07) is 0. The molecule has 0 fully saturated rings. The van der Waals surface area contributed by atoms with Gasteiger partial charge in [0.25, 0.3) is 0 Å². The molecule has 0 atom stereocenters. The lowest BCUT2D eigenvalue weighted by Crippen LogP contribution is -2.35. The van der Waals surface area contributed by atoms with Crippen LogP contribution in [-0.4, -0.2) is 53.3 Å². The zero-order valence-corrected chi connectivity index (χ0v) is 17.5. The molecule has 150 valence electrons. The average Bonchev–Trinajstić information content (AvgIpc) is 2.52. The molecule has 0 spiro atoms. The van der Waals surface area contributed by atoms with Gasteiger partial charge in [0.15, 0.2) is 5.78 Å². The van der Waals surface area contributed by atoms with Crippen molar-refractivity contribution in [1.29, 1.82) is 0 Å². The number of hydrogen-bond acceptors (Lipinski definition) is 6. The first-order valence-corrected chi connectivity index (χ1v) is 9.89. The molecule has 0 saturated carbocycles. The summed E-state index contributed by atoms with van der Waals surface area (Å²) < 4.78 is 5.09. The van der Waals surface area contributed by atoms with Crippen LogP contribution >= 0.6 is 11.8 Å². The number of Topliss-reactive ketones (excluding diaryl/α,β-unsaturated/α-hetero) is 1. The van der Waals surface area contributed by atoms with Crippen molar-refractivity contribution in [1.82, 2.24) is 10.6 Å². The van der Waals surface area contributed by atoms with E-state index in [1.54, 1.807) is 32.5 Å². The zero-order chi connectivity index (χ0) is 20.4. The van der Waals surface area contributed by atoms with Gasteiger partial charge in [-0.1, -0.05) is 13.8 Å². The number of esters is 1. The van der Waals surface area contributed by atoms with Gasteiger partial charge in [-0.15, -0.1) is 0 Å². The quantitative estimate of drug-likeness (QED) is 0.524. The molecule has 2 amide bonds. The number of hydrogen-bond donors (Lipinski definition) is 2. The molecule has 2 N–H and O–H groups in total. The lowest BCUT2D eigenvalue weighted by Gasteiger charge is -2.21. The normalized spacial score (nSPS) is 11.6. The first-order valence-electron chi connectivity index (χ1n) is 8.67. The second kappa shape index (κ2) is 11.2. The minimum absolute atomic E-state index is 0.0107. The van der Waals surface area contributed by atoms with Crippen molar-refractivity contribution in [2.45, 2.75) is 70.7 Å². The molecule has 0 rings (SSSR count). The Morgan fingerprint density at radius 2 is 1.38 bits per heavy atom. The zero-order valence-electron chi connectivity index (χ0n) is 16.7. The lowest BCUT2D eigenvalue weighted by molar-refractivity contribution is -0.154. The van der Waals surface area contributed by atoms with Crippen LogP contribution in [0.4, 0.5) is 0 Å². The van der Waals surface area contributed by atoms with Gasteiger partial charge in [0, 0.05) is 24.0 Å². The SMILES string of the molecule is CSC(C)(C)CCC(=O)NCC(=O)CCC(=O)NCC(=O)OC(C)(C)C. The van der Waals surface area contributed by atoms with E-state index in [-0.39, 0.29) is 42.4 Å². The lowest BCUT2D eigenvalue weighted by atomic mass is 10.1. The summed E-state index contributed by atoms with van der Waals surface area (Å²) in [6.07, 6.45) is 3.06.